The minimum atomic E-state index is -3.56. The van der Waals surface area contributed by atoms with E-state index in [0.717, 1.165) is 4.88 Å². The molecule has 13 heavy (non-hydrogen) atoms. The fourth-order valence-electron chi connectivity index (χ4n) is 0.826. The molecular formula is C7H9ClO3S2. The maximum absolute atomic E-state index is 10.9. The number of hydrogen-bond donors (Lipinski definition) is 0. The predicted molar refractivity (Wildman–Crippen MR) is 52.9 cm³/mol. The van der Waals surface area contributed by atoms with E-state index in [-0.39, 0.29) is 4.21 Å². The van der Waals surface area contributed by atoms with Gasteiger partial charge < -0.3 is 4.74 Å². The molecule has 0 saturated heterocycles. The van der Waals surface area contributed by atoms with Crippen molar-refractivity contribution in [3.05, 3.63) is 17.0 Å². The van der Waals surface area contributed by atoms with Gasteiger partial charge in [0.1, 0.15) is 4.21 Å². The van der Waals surface area contributed by atoms with Crippen LogP contribution in [0, 0.1) is 0 Å². The molecule has 74 valence electrons. The van der Waals surface area contributed by atoms with Crippen LogP contribution in [0.4, 0.5) is 0 Å². The van der Waals surface area contributed by atoms with Crippen molar-refractivity contribution in [3.8, 4) is 0 Å². The van der Waals surface area contributed by atoms with Crippen molar-refractivity contribution in [3.63, 3.8) is 0 Å². The quantitative estimate of drug-likeness (QED) is 0.755. The monoisotopic (exact) mass is 240 g/mol. The number of thiophene rings is 1. The Morgan fingerprint density at radius 3 is 2.69 bits per heavy atom. The molecular weight excluding hydrogens is 232 g/mol. The lowest BCUT2D eigenvalue weighted by molar-refractivity contribution is 0.203. The van der Waals surface area contributed by atoms with Crippen LogP contribution in [0.5, 0.6) is 0 Å². The van der Waals surface area contributed by atoms with Gasteiger partial charge in [-0.2, -0.15) is 0 Å². The first-order chi connectivity index (χ1) is 6.04. The van der Waals surface area contributed by atoms with Crippen LogP contribution in [0.15, 0.2) is 16.3 Å². The second kappa shape index (κ2) is 4.41. The van der Waals surface area contributed by atoms with Crippen molar-refractivity contribution in [2.24, 2.45) is 0 Å². The van der Waals surface area contributed by atoms with Gasteiger partial charge in [0.2, 0.25) is 0 Å². The average Bonchev–Trinajstić information content (AvgIpc) is 2.47. The molecule has 0 amide bonds. The Kier molecular flexibility index (Phi) is 3.73. The molecule has 0 spiro atoms. The molecule has 0 atom stereocenters. The molecule has 0 saturated carbocycles. The Labute approximate surface area is 85.7 Å². The normalized spacial score (nSPS) is 11.8. The van der Waals surface area contributed by atoms with E-state index in [1.165, 1.54) is 17.4 Å². The number of rotatable bonds is 4. The second-order valence-electron chi connectivity index (χ2n) is 2.40. The van der Waals surface area contributed by atoms with Crippen molar-refractivity contribution < 1.29 is 13.2 Å². The molecule has 3 nitrogen and oxygen atoms in total. The Morgan fingerprint density at radius 1 is 1.54 bits per heavy atom. The molecule has 0 fully saturated rings. The van der Waals surface area contributed by atoms with E-state index < -0.39 is 9.05 Å². The molecule has 0 bridgehead atoms. The zero-order chi connectivity index (χ0) is 9.90. The summed E-state index contributed by atoms with van der Waals surface area (Å²) in [5.41, 5.74) is 0. The van der Waals surface area contributed by atoms with Crippen LogP contribution in [0.25, 0.3) is 0 Å². The zero-order valence-corrected chi connectivity index (χ0v) is 9.38. The lowest BCUT2D eigenvalue weighted by atomic mass is 10.4. The van der Waals surface area contributed by atoms with Gasteiger partial charge in [0.25, 0.3) is 9.05 Å². The van der Waals surface area contributed by atoms with Crippen LogP contribution in [0.1, 0.15) is 4.88 Å². The minimum Gasteiger partial charge on any atom is -0.384 e. The van der Waals surface area contributed by atoms with Gasteiger partial charge in [-0.15, -0.1) is 11.3 Å². The number of halogens is 1. The van der Waals surface area contributed by atoms with Crippen LogP contribution in [0.2, 0.25) is 0 Å². The largest absolute Gasteiger partial charge is 0.384 e. The van der Waals surface area contributed by atoms with Crippen LogP contribution in [-0.2, 0) is 20.2 Å². The van der Waals surface area contributed by atoms with Gasteiger partial charge in [0, 0.05) is 29.1 Å². The summed E-state index contributed by atoms with van der Waals surface area (Å²) in [6, 6.07) is 3.26. The molecule has 1 heterocycles. The summed E-state index contributed by atoms with van der Waals surface area (Å²) < 4.78 is 26.8. The van der Waals surface area contributed by atoms with E-state index in [2.05, 4.69) is 0 Å². The fraction of sp³-hybridized carbons (Fsp3) is 0.429. The Balaban J connectivity index is 2.76. The minimum absolute atomic E-state index is 0.195. The molecule has 1 rings (SSSR count). The molecule has 0 aliphatic rings. The van der Waals surface area contributed by atoms with Crippen LogP contribution in [-0.4, -0.2) is 22.1 Å². The summed E-state index contributed by atoms with van der Waals surface area (Å²) >= 11 is 1.18. The molecule has 1 aromatic rings. The van der Waals surface area contributed by atoms with Crippen molar-refractivity contribution in [2.45, 2.75) is 10.6 Å². The highest BCUT2D eigenvalue weighted by molar-refractivity contribution is 8.15. The van der Waals surface area contributed by atoms with Gasteiger partial charge in [-0.05, 0) is 12.1 Å². The summed E-state index contributed by atoms with van der Waals surface area (Å²) in [7, 11) is 3.20. The lowest BCUT2D eigenvalue weighted by Crippen LogP contribution is -1.90. The van der Waals surface area contributed by atoms with Gasteiger partial charge in [-0.3, -0.25) is 0 Å². The lowest BCUT2D eigenvalue weighted by Gasteiger charge is -1.93. The van der Waals surface area contributed by atoms with Crippen LogP contribution >= 0.6 is 22.0 Å². The third-order valence-electron chi connectivity index (χ3n) is 1.43. The van der Waals surface area contributed by atoms with E-state index in [4.69, 9.17) is 15.4 Å². The topological polar surface area (TPSA) is 43.4 Å². The van der Waals surface area contributed by atoms with Crippen molar-refractivity contribution >= 4 is 31.1 Å². The van der Waals surface area contributed by atoms with E-state index in [0.29, 0.717) is 13.0 Å². The molecule has 1 aromatic heterocycles. The number of hydrogen-bond acceptors (Lipinski definition) is 4. The summed E-state index contributed by atoms with van der Waals surface area (Å²) in [5, 5.41) is 0. The first-order valence-electron chi connectivity index (χ1n) is 3.56. The average molecular weight is 241 g/mol. The Morgan fingerprint density at radius 2 is 2.23 bits per heavy atom. The third-order valence-corrected chi connectivity index (χ3v) is 4.67. The molecule has 0 unspecified atom stereocenters. The molecule has 6 heteroatoms. The fourth-order valence-corrected chi connectivity index (χ4v) is 2.93. The molecule has 0 aliphatic heterocycles. The Bertz CT molecular complexity index is 369. The molecule has 0 aliphatic carbocycles. The molecule has 0 radical (unpaired) electrons. The van der Waals surface area contributed by atoms with E-state index in [1.807, 2.05) is 0 Å². The van der Waals surface area contributed by atoms with Crippen molar-refractivity contribution in [2.75, 3.05) is 13.7 Å². The third kappa shape index (κ3) is 3.27. The van der Waals surface area contributed by atoms with Crippen LogP contribution < -0.4 is 0 Å². The summed E-state index contributed by atoms with van der Waals surface area (Å²) in [5.74, 6) is 0. The smallest absolute Gasteiger partial charge is 0.270 e. The van der Waals surface area contributed by atoms with Crippen LogP contribution in [0.3, 0.4) is 0 Å². The Hall–Kier alpha value is -0.100. The van der Waals surface area contributed by atoms with Crippen molar-refractivity contribution in [1.29, 1.82) is 0 Å². The number of ether oxygens (including phenoxy) is 1. The first-order valence-corrected chi connectivity index (χ1v) is 6.69. The first kappa shape index (κ1) is 11.0. The van der Waals surface area contributed by atoms with E-state index in [1.54, 1.807) is 13.2 Å². The van der Waals surface area contributed by atoms with E-state index >= 15 is 0 Å². The molecule has 0 N–H and O–H groups in total. The van der Waals surface area contributed by atoms with Gasteiger partial charge >= 0.3 is 0 Å². The maximum Gasteiger partial charge on any atom is 0.270 e. The number of methoxy groups -OCH3 is 1. The van der Waals surface area contributed by atoms with E-state index in [9.17, 15) is 8.42 Å². The maximum atomic E-state index is 10.9. The molecule has 0 aromatic carbocycles. The predicted octanol–water partition coefficient (Wildman–Crippen LogP) is 1.86. The standard InChI is InChI=1S/C7H9ClO3S2/c1-11-5-4-6-2-3-7(12-6)13(8,9)10/h2-3H,4-5H2,1H3. The van der Waals surface area contributed by atoms with Gasteiger partial charge in [-0.1, -0.05) is 0 Å². The zero-order valence-electron chi connectivity index (χ0n) is 6.99. The SMILES string of the molecule is COCCc1ccc(S(=O)(=O)Cl)s1. The highest BCUT2D eigenvalue weighted by Crippen LogP contribution is 2.24. The van der Waals surface area contributed by atoms with Gasteiger partial charge in [0.05, 0.1) is 6.61 Å². The highest BCUT2D eigenvalue weighted by atomic mass is 35.7. The summed E-state index contributed by atoms with van der Waals surface area (Å²) in [4.78, 5) is 0.959. The summed E-state index contributed by atoms with van der Waals surface area (Å²) in [6.45, 7) is 0.586. The van der Waals surface area contributed by atoms with Gasteiger partial charge in [-0.25, -0.2) is 8.42 Å². The summed E-state index contributed by atoms with van der Waals surface area (Å²) in [6.07, 6.45) is 0.716. The highest BCUT2D eigenvalue weighted by Gasteiger charge is 2.12. The second-order valence-corrected chi connectivity index (χ2v) is 6.36. The van der Waals surface area contributed by atoms with Gasteiger partial charge in [0.15, 0.2) is 0 Å². The van der Waals surface area contributed by atoms with Crippen molar-refractivity contribution in [1.82, 2.24) is 0 Å².